The van der Waals surface area contributed by atoms with E-state index >= 15 is 0 Å². The second-order valence-corrected chi connectivity index (χ2v) is 5.78. The maximum absolute atomic E-state index is 12.8. The molecule has 0 saturated carbocycles. The van der Waals surface area contributed by atoms with E-state index in [2.05, 4.69) is 15.3 Å². The third kappa shape index (κ3) is 4.20. The molecule has 0 aliphatic heterocycles. The van der Waals surface area contributed by atoms with Crippen LogP contribution in [0.2, 0.25) is 0 Å². The van der Waals surface area contributed by atoms with E-state index in [1.807, 2.05) is 30.3 Å². The van der Waals surface area contributed by atoms with Gasteiger partial charge in [-0.05, 0) is 29.8 Å². The van der Waals surface area contributed by atoms with Gasteiger partial charge >= 0.3 is 0 Å². The van der Waals surface area contributed by atoms with Gasteiger partial charge in [0.25, 0.3) is 0 Å². The maximum Gasteiger partial charge on any atom is 0.234 e. The number of nitrogens with one attached hydrogen (secondary N) is 2. The third-order valence-electron chi connectivity index (χ3n) is 3.11. The normalized spacial score (nSPS) is 10.5. The number of aromatic nitrogens is 2. The van der Waals surface area contributed by atoms with Crippen LogP contribution in [0, 0.1) is 5.82 Å². The number of thioether (sulfide) groups is 1. The summed E-state index contributed by atoms with van der Waals surface area (Å²) >= 11 is 1.31. The highest BCUT2D eigenvalue weighted by atomic mass is 32.2. The molecule has 0 radical (unpaired) electrons. The number of imidazole rings is 1. The second kappa shape index (κ2) is 7.11. The molecular weight excluding hydrogens is 313 g/mol. The van der Waals surface area contributed by atoms with Crippen LogP contribution >= 0.6 is 11.8 Å². The molecule has 0 spiro atoms. The summed E-state index contributed by atoms with van der Waals surface area (Å²) in [7, 11) is 0. The molecule has 1 aromatic heterocycles. The molecule has 2 N–H and O–H groups in total. The molecule has 116 valence electrons. The van der Waals surface area contributed by atoms with Crippen LogP contribution in [0.5, 0.6) is 0 Å². The summed E-state index contributed by atoms with van der Waals surface area (Å²) in [5.74, 6) is -0.278. The van der Waals surface area contributed by atoms with Crippen molar-refractivity contribution in [3.05, 3.63) is 66.6 Å². The lowest BCUT2D eigenvalue weighted by Crippen LogP contribution is -2.14. The Morgan fingerprint density at radius 2 is 1.87 bits per heavy atom. The molecule has 0 atom stereocenters. The molecule has 6 heteroatoms. The number of anilines is 1. The lowest BCUT2D eigenvalue weighted by Gasteiger charge is -2.03. The molecular formula is C17H14FN3OS. The molecule has 1 heterocycles. The number of halogens is 1. The summed E-state index contributed by atoms with van der Waals surface area (Å²) in [6.45, 7) is 0. The van der Waals surface area contributed by atoms with Crippen molar-refractivity contribution >= 4 is 23.4 Å². The zero-order chi connectivity index (χ0) is 16.1. The zero-order valence-corrected chi connectivity index (χ0v) is 12.9. The van der Waals surface area contributed by atoms with Crippen LogP contribution in [-0.4, -0.2) is 21.6 Å². The summed E-state index contributed by atoms with van der Waals surface area (Å²) < 4.78 is 12.8. The van der Waals surface area contributed by atoms with Crippen molar-refractivity contribution in [1.29, 1.82) is 0 Å². The number of aromatic amines is 1. The number of carbonyl (C=O) groups excluding carboxylic acids is 1. The van der Waals surface area contributed by atoms with Gasteiger partial charge in [-0.25, -0.2) is 9.37 Å². The molecule has 0 aliphatic rings. The average Bonchev–Trinajstić information content (AvgIpc) is 3.05. The smallest absolute Gasteiger partial charge is 0.234 e. The Morgan fingerprint density at radius 1 is 1.13 bits per heavy atom. The molecule has 23 heavy (non-hydrogen) atoms. The van der Waals surface area contributed by atoms with Gasteiger partial charge in [0.05, 0.1) is 17.6 Å². The Bertz CT molecular complexity index is 787. The standard InChI is InChI=1S/C17H14FN3OS/c18-13-6-8-14(9-7-13)20-16(22)11-23-17-19-10-15(21-17)12-4-2-1-3-5-12/h1-10H,11H2,(H,19,21)(H,20,22). The van der Waals surface area contributed by atoms with Gasteiger partial charge in [-0.3, -0.25) is 4.79 Å². The summed E-state index contributed by atoms with van der Waals surface area (Å²) in [5.41, 5.74) is 2.52. The van der Waals surface area contributed by atoms with Gasteiger partial charge in [-0.15, -0.1) is 0 Å². The second-order valence-electron chi connectivity index (χ2n) is 4.81. The SMILES string of the molecule is O=C(CSc1ncc(-c2ccccc2)[nH]1)Nc1ccc(F)cc1. The number of hydrogen-bond donors (Lipinski definition) is 2. The largest absolute Gasteiger partial charge is 0.333 e. The first-order chi connectivity index (χ1) is 11.2. The van der Waals surface area contributed by atoms with Crippen LogP contribution in [0.25, 0.3) is 11.3 Å². The van der Waals surface area contributed by atoms with E-state index in [4.69, 9.17) is 0 Å². The van der Waals surface area contributed by atoms with Gasteiger partial charge in [0, 0.05) is 5.69 Å². The Morgan fingerprint density at radius 3 is 2.61 bits per heavy atom. The van der Waals surface area contributed by atoms with Gasteiger partial charge in [0.15, 0.2) is 5.16 Å². The van der Waals surface area contributed by atoms with E-state index in [-0.39, 0.29) is 17.5 Å². The minimum atomic E-state index is -0.332. The van der Waals surface area contributed by atoms with Crippen molar-refractivity contribution in [3.63, 3.8) is 0 Å². The number of H-pyrrole nitrogens is 1. The fourth-order valence-electron chi connectivity index (χ4n) is 2.00. The molecule has 0 bridgehead atoms. The summed E-state index contributed by atoms with van der Waals surface area (Å²) in [5, 5.41) is 3.39. The van der Waals surface area contributed by atoms with Gasteiger partial charge in [0.1, 0.15) is 5.82 Å². The summed E-state index contributed by atoms with van der Waals surface area (Å²) in [6.07, 6.45) is 1.75. The molecule has 2 aromatic carbocycles. The summed E-state index contributed by atoms with van der Waals surface area (Å²) in [6, 6.07) is 15.5. The highest BCUT2D eigenvalue weighted by Gasteiger charge is 2.07. The van der Waals surface area contributed by atoms with Crippen LogP contribution in [0.1, 0.15) is 0 Å². The molecule has 0 fully saturated rings. The van der Waals surface area contributed by atoms with Crippen molar-refractivity contribution in [2.45, 2.75) is 5.16 Å². The van der Waals surface area contributed by atoms with Gasteiger partial charge in [-0.1, -0.05) is 42.1 Å². The fourth-order valence-corrected chi connectivity index (χ4v) is 2.65. The number of hydrogen-bond acceptors (Lipinski definition) is 3. The predicted octanol–water partition coefficient (Wildman–Crippen LogP) is 3.95. The van der Waals surface area contributed by atoms with Crippen LogP contribution in [0.15, 0.2) is 66.0 Å². The minimum Gasteiger partial charge on any atom is -0.333 e. The lowest BCUT2D eigenvalue weighted by molar-refractivity contribution is -0.113. The van der Waals surface area contributed by atoms with Crippen molar-refractivity contribution in [2.24, 2.45) is 0 Å². The van der Waals surface area contributed by atoms with Crippen LogP contribution < -0.4 is 5.32 Å². The Kier molecular flexibility index (Phi) is 4.73. The van der Waals surface area contributed by atoms with E-state index in [9.17, 15) is 9.18 Å². The number of carbonyl (C=O) groups is 1. The monoisotopic (exact) mass is 327 g/mol. The molecule has 0 unspecified atom stereocenters. The number of benzene rings is 2. The first-order valence-electron chi connectivity index (χ1n) is 6.99. The molecule has 4 nitrogen and oxygen atoms in total. The number of nitrogens with zero attached hydrogens (tertiary/aromatic N) is 1. The minimum absolute atomic E-state index is 0.167. The predicted molar refractivity (Wildman–Crippen MR) is 89.8 cm³/mol. The zero-order valence-electron chi connectivity index (χ0n) is 12.1. The van der Waals surface area contributed by atoms with Crippen molar-refractivity contribution in [2.75, 3.05) is 11.1 Å². The maximum atomic E-state index is 12.8. The highest BCUT2D eigenvalue weighted by molar-refractivity contribution is 7.99. The molecule has 3 rings (SSSR count). The van der Waals surface area contributed by atoms with E-state index in [1.165, 1.54) is 36.0 Å². The van der Waals surface area contributed by atoms with Crippen LogP contribution in [0.3, 0.4) is 0 Å². The highest BCUT2D eigenvalue weighted by Crippen LogP contribution is 2.21. The van der Waals surface area contributed by atoms with Crippen LogP contribution in [-0.2, 0) is 4.79 Å². The van der Waals surface area contributed by atoms with Crippen molar-refractivity contribution in [1.82, 2.24) is 9.97 Å². The third-order valence-corrected chi connectivity index (χ3v) is 3.99. The Hall–Kier alpha value is -2.60. The van der Waals surface area contributed by atoms with Crippen molar-refractivity contribution < 1.29 is 9.18 Å². The van der Waals surface area contributed by atoms with Gasteiger partial charge in [-0.2, -0.15) is 0 Å². The number of amides is 1. The molecule has 0 aliphatic carbocycles. The van der Waals surface area contributed by atoms with Gasteiger partial charge in [0.2, 0.25) is 5.91 Å². The van der Waals surface area contributed by atoms with Crippen LogP contribution in [0.4, 0.5) is 10.1 Å². The first-order valence-corrected chi connectivity index (χ1v) is 7.98. The van der Waals surface area contributed by atoms with E-state index in [0.29, 0.717) is 10.8 Å². The Labute approximate surface area is 137 Å². The molecule has 1 amide bonds. The average molecular weight is 327 g/mol. The van der Waals surface area contributed by atoms with E-state index in [1.54, 1.807) is 6.20 Å². The van der Waals surface area contributed by atoms with E-state index < -0.39 is 0 Å². The topological polar surface area (TPSA) is 57.8 Å². The van der Waals surface area contributed by atoms with Crippen molar-refractivity contribution in [3.8, 4) is 11.3 Å². The summed E-state index contributed by atoms with van der Waals surface area (Å²) in [4.78, 5) is 19.3. The Balaban J connectivity index is 1.55. The molecule has 3 aromatic rings. The fraction of sp³-hybridized carbons (Fsp3) is 0.0588. The quantitative estimate of drug-likeness (QED) is 0.698. The van der Waals surface area contributed by atoms with E-state index in [0.717, 1.165) is 11.3 Å². The number of rotatable bonds is 5. The lowest BCUT2D eigenvalue weighted by atomic mass is 10.2. The van der Waals surface area contributed by atoms with Gasteiger partial charge < -0.3 is 10.3 Å². The molecule has 0 saturated heterocycles. The first kappa shape index (κ1) is 15.3.